The van der Waals surface area contributed by atoms with Crippen LogP contribution in [-0.2, 0) is 9.53 Å². The van der Waals surface area contributed by atoms with Crippen molar-refractivity contribution in [3.63, 3.8) is 0 Å². The maximum Gasteiger partial charge on any atom is 0.224 e. The van der Waals surface area contributed by atoms with Crippen LogP contribution < -0.4 is 16.4 Å². The van der Waals surface area contributed by atoms with Gasteiger partial charge in [0, 0.05) is 43.8 Å². The van der Waals surface area contributed by atoms with Gasteiger partial charge in [-0.3, -0.25) is 4.79 Å². The quantitative estimate of drug-likeness (QED) is 0.666. The molecule has 0 aromatic heterocycles. The van der Waals surface area contributed by atoms with E-state index in [1.807, 2.05) is 13.0 Å². The Balaban J connectivity index is 0.00000288. The van der Waals surface area contributed by atoms with Gasteiger partial charge in [-0.15, -0.1) is 24.8 Å². The van der Waals surface area contributed by atoms with Crippen LogP contribution in [0.2, 0.25) is 0 Å². The number of carbonyl (C=O) groups is 1. The number of carbonyl (C=O) groups excluding carboxylic acids is 1. The van der Waals surface area contributed by atoms with Crippen molar-refractivity contribution in [1.29, 1.82) is 0 Å². The van der Waals surface area contributed by atoms with Gasteiger partial charge in [-0.1, -0.05) is 37.3 Å². The molecule has 2 rings (SSSR count). The maximum absolute atomic E-state index is 12.1. The molecule has 25 heavy (non-hydrogen) atoms. The van der Waals surface area contributed by atoms with Crippen molar-refractivity contribution in [1.82, 2.24) is 10.6 Å². The molecule has 0 radical (unpaired) electrons. The van der Waals surface area contributed by atoms with Crippen LogP contribution >= 0.6 is 24.8 Å². The number of halogens is 2. The van der Waals surface area contributed by atoms with Gasteiger partial charge in [0.05, 0.1) is 0 Å². The lowest BCUT2D eigenvalue weighted by atomic mass is 9.88. The fourth-order valence-electron chi connectivity index (χ4n) is 2.96. The Kier molecular flexibility index (Phi) is 11.3. The van der Waals surface area contributed by atoms with Gasteiger partial charge in [0.2, 0.25) is 5.91 Å². The number of nitrogens with two attached hydrogens (primary N) is 1. The van der Waals surface area contributed by atoms with Gasteiger partial charge in [0.1, 0.15) is 0 Å². The lowest BCUT2D eigenvalue weighted by Gasteiger charge is -2.40. The standard InChI is InChI=1S/C18H29N3O2.2ClH/c1-14(12-19)17(22)20-13-18(8-10-23-11-9-18)21-15(2)16-6-4-3-5-7-16;;/h3-7,14-15,21H,8-13,19H2,1-2H3,(H,20,22);2*1H. The van der Waals surface area contributed by atoms with Crippen molar-refractivity contribution in [2.45, 2.75) is 38.3 Å². The first-order valence-corrected chi connectivity index (χ1v) is 8.44. The summed E-state index contributed by atoms with van der Waals surface area (Å²) in [6.07, 6.45) is 1.78. The molecular formula is C18H31Cl2N3O2. The molecule has 2 atom stereocenters. The zero-order valence-corrected chi connectivity index (χ0v) is 16.6. The van der Waals surface area contributed by atoms with Gasteiger partial charge in [-0.05, 0) is 25.3 Å². The van der Waals surface area contributed by atoms with E-state index in [0.29, 0.717) is 13.1 Å². The normalized spacial score (nSPS) is 18.2. The second kappa shape index (κ2) is 11.7. The zero-order chi connectivity index (χ0) is 16.7. The number of hydrogen-bond donors (Lipinski definition) is 3. The third-order valence-corrected chi connectivity index (χ3v) is 4.67. The van der Waals surface area contributed by atoms with Crippen LogP contribution in [0.4, 0.5) is 0 Å². The smallest absolute Gasteiger partial charge is 0.224 e. The van der Waals surface area contributed by atoms with Crippen molar-refractivity contribution < 1.29 is 9.53 Å². The lowest BCUT2D eigenvalue weighted by Crippen LogP contribution is -2.57. The molecule has 0 bridgehead atoms. The molecule has 5 nitrogen and oxygen atoms in total. The fourth-order valence-corrected chi connectivity index (χ4v) is 2.96. The van der Waals surface area contributed by atoms with E-state index in [-0.39, 0.29) is 48.2 Å². The van der Waals surface area contributed by atoms with Crippen LogP contribution in [-0.4, -0.2) is 37.7 Å². The van der Waals surface area contributed by atoms with Gasteiger partial charge in [0.25, 0.3) is 0 Å². The lowest BCUT2D eigenvalue weighted by molar-refractivity contribution is -0.124. The van der Waals surface area contributed by atoms with Crippen LogP contribution in [0.3, 0.4) is 0 Å². The van der Waals surface area contributed by atoms with Crippen LogP contribution in [0.1, 0.15) is 38.3 Å². The molecule has 1 aromatic rings. The van der Waals surface area contributed by atoms with Gasteiger partial charge >= 0.3 is 0 Å². The highest BCUT2D eigenvalue weighted by molar-refractivity contribution is 5.85. The van der Waals surface area contributed by atoms with Crippen LogP contribution in [0.25, 0.3) is 0 Å². The summed E-state index contributed by atoms with van der Waals surface area (Å²) >= 11 is 0. The van der Waals surface area contributed by atoms with E-state index in [9.17, 15) is 4.79 Å². The second-order valence-corrected chi connectivity index (χ2v) is 6.52. The molecule has 2 unspecified atom stereocenters. The largest absolute Gasteiger partial charge is 0.381 e. The highest BCUT2D eigenvalue weighted by atomic mass is 35.5. The average Bonchev–Trinajstić information content (AvgIpc) is 2.60. The predicted molar refractivity (Wildman–Crippen MR) is 107 cm³/mol. The number of hydrogen-bond acceptors (Lipinski definition) is 4. The van der Waals surface area contributed by atoms with E-state index in [0.717, 1.165) is 26.1 Å². The van der Waals surface area contributed by atoms with Gasteiger partial charge in [0.15, 0.2) is 0 Å². The second-order valence-electron chi connectivity index (χ2n) is 6.52. The summed E-state index contributed by atoms with van der Waals surface area (Å²) in [6.45, 7) is 6.43. The van der Waals surface area contributed by atoms with E-state index >= 15 is 0 Å². The number of benzene rings is 1. The summed E-state index contributed by atoms with van der Waals surface area (Å²) in [5, 5.41) is 6.80. The highest BCUT2D eigenvalue weighted by Gasteiger charge is 2.34. The Hall–Kier alpha value is -0.850. The molecule has 1 aromatic carbocycles. The summed E-state index contributed by atoms with van der Waals surface area (Å²) < 4.78 is 5.51. The predicted octanol–water partition coefficient (Wildman–Crippen LogP) is 2.44. The molecule has 1 aliphatic rings. The first-order valence-electron chi connectivity index (χ1n) is 8.44. The molecule has 144 valence electrons. The van der Waals surface area contributed by atoms with Crippen molar-refractivity contribution in [3.05, 3.63) is 35.9 Å². The average molecular weight is 392 g/mol. The molecule has 0 spiro atoms. The minimum Gasteiger partial charge on any atom is -0.381 e. The summed E-state index contributed by atoms with van der Waals surface area (Å²) in [6, 6.07) is 10.6. The Bertz CT molecular complexity index is 496. The van der Waals surface area contributed by atoms with Crippen molar-refractivity contribution in [3.8, 4) is 0 Å². The monoisotopic (exact) mass is 391 g/mol. The van der Waals surface area contributed by atoms with E-state index < -0.39 is 0 Å². The maximum atomic E-state index is 12.1. The summed E-state index contributed by atoms with van der Waals surface area (Å²) in [5.41, 5.74) is 6.70. The fraction of sp³-hybridized carbons (Fsp3) is 0.611. The molecule has 4 N–H and O–H groups in total. The summed E-state index contributed by atoms with van der Waals surface area (Å²) in [7, 11) is 0. The van der Waals surface area contributed by atoms with Crippen LogP contribution in [0.15, 0.2) is 30.3 Å². The van der Waals surface area contributed by atoms with Crippen molar-refractivity contribution in [2.75, 3.05) is 26.3 Å². The molecule has 0 aliphatic carbocycles. The van der Waals surface area contributed by atoms with E-state index in [1.54, 1.807) is 0 Å². The number of ether oxygens (including phenoxy) is 1. The first kappa shape index (κ1) is 24.1. The number of rotatable bonds is 7. The molecule has 1 saturated heterocycles. The SMILES string of the molecule is CC(CN)C(=O)NCC1(NC(C)c2ccccc2)CCOCC1.Cl.Cl. The Morgan fingerprint density at radius 1 is 1.20 bits per heavy atom. The van der Waals surface area contributed by atoms with Gasteiger partial charge < -0.3 is 21.1 Å². The molecule has 1 aliphatic heterocycles. The number of nitrogens with one attached hydrogen (secondary N) is 2. The Morgan fingerprint density at radius 2 is 1.80 bits per heavy atom. The number of amides is 1. The van der Waals surface area contributed by atoms with Gasteiger partial charge in [-0.25, -0.2) is 0 Å². The minimum atomic E-state index is -0.154. The highest BCUT2D eigenvalue weighted by Crippen LogP contribution is 2.25. The Morgan fingerprint density at radius 3 is 2.36 bits per heavy atom. The molecule has 1 amide bonds. The zero-order valence-electron chi connectivity index (χ0n) is 15.0. The molecule has 0 saturated carbocycles. The van der Waals surface area contributed by atoms with Crippen molar-refractivity contribution >= 4 is 30.7 Å². The third-order valence-electron chi connectivity index (χ3n) is 4.67. The summed E-state index contributed by atoms with van der Waals surface area (Å²) in [5.74, 6) is -0.133. The van der Waals surface area contributed by atoms with E-state index in [2.05, 4.69) is 41.8 Å². The molecule has 1 heterocycles. The Labute approximate surface area is 163 Å². The van der Waals surface area contributed by atoms with Crippen LogP contribution in [0, 0.1) is 5.92 Å². The van der Waals surface area contributed by atoms with Gasteiger partial charge in [-0.2, -0.15) is 0 Å². The molecule has 7 heteroatoms. The molecular weight excluding hydrogens is 361 g/mol. The summed E-state index contributed by atoms with van der Waals surface area (Å²) in [4.78, 5) is 12.1. The molecule has 1 fully saturated rings. The topological polar surface area (TPSA) is 76.4 Å². The first-order chi connectivity index (χ1) is 11.1. The minimum absolute atomic E-state index is 0. The van der Waals surface area contributed by atoms with E-state index in [1.165, 1.54) is 5.56 Å². The van der Waals surface area contributed by atoms with Crippen molar-refractivity contribution in [2.24, 2.45) is 11.7 Å². The third kappa shape index (κ3) is 7.12. The van der Waals surface area contributed by atoms with Crippen LogP contribution in [0.5, 0.6) is 0 Å². The van der Waals surface area contributed by atoms with E-state index in [4.69, 9.17) is 10.5 Å².